The third kappa shape index (κ3) is 1.95. The molecule has 0 aromatic carbocycles. The molecule has 0 saturated heterocycles. The second-order valence-electron chi connectivity index (χ2n) is 3.67. The topological polar surface area (TPSA) is 3.24 Å². The smallest absolute Gasteiger partial charge is 0.0950 e. The molecule has 0 aromatic rings. The SMILES string of the molecule is CC1=CCCC(N2C=CC=CC2S)=C1. The summed E-state index contributed by atoms with van der Waals surface area (Å²) in [6, 6.07) is 0. The third-order valence-corrected chi connectivity index (χ3v) is 2.94. The predicted octanol–water partition coefficient (Wildman–Crippen LogP) is 3.25. The summed E-state index contributed by atoms with van der Waals surface area (Å²) in [4.78, 5) is 2.22. The molecule has 2 heteroatoms. The van der Waals surface area contributed by atoms with Gasteiger partial charge in [-0.1, -0.05) is 23.8 Å². The number of hydrogen-bond donors (Lipinski definition) is 1. The van der Waals surface area contributed by atoms with Crippen LogP contribution in [0.15, 0.2) is 47.9 Å². The minimum Gasteiger partial charge on any atom is -0.336 e. The van der Waals surface area contributed by atoms with Gasteiger partial charge in [0.05, 0.1) is 5.37 Å². The molecule has 0 N–H and O–H groups in total. The zero-order chi connectivity index (χ0) is 9.97. The van der Waals surface area contributed by atoms with Gasteiger partial charge in [-0.15, -0.1) is 0 Å². The molecular weight excluding hydrogens is 190 g/mol. The van der Waals surface area contributed by atoms with Crippen molar-refractivity contribution < 1.29 is 0 Å². The summed E-state index contributed by atoms with van der Waals surface area (Å²) >= 11 is 4.52. The largest absolute Gasteiger partial charge is 0.336 e. The lowest BCUT2D eigenvalue weighted by Crippen LogP contribution is -2.26. The Morgan fingerprint density at radius 2 is 2.29 bits per heavy atom. The van der Waals surface area contributed by atoms with Crippen LogP contribution >= 0.6 is 12.6 Å². The molecular formula is C12H15NS. The van der Waals surface area contributed by atoms with E-state index in [1.54, 1.807) is 0 Å². The summed E-state index contributed by atoms with van der Waals surface area (Å²) < 4.78 is 0. The number of allylic oxidation sites excluding steroid dienone is 6. The van der Waals surface area contributed by atoms with Crippen molar-refractivity contribution in [3.63, 3.8) is 0 Å². The number of rotatable bonds is 1. The van der Waals surface area contributed by atoms with Gasteiger partial charge < -0.3 is 4.90 Å². The Kier molecular flexibility index (Phi) is 2.82. The van der Waals surface area contributed by atoms with Crippen molar-refractivity contribution in [2.24, 2.45) is 0 Å². The normalized spacial score (nSPS) is 26.1. The summed E-state index contributed by atoms with van der Waals surface area (Å²) in [7, 11) is 0. The van der Waals surface area contributed by atoms with Gasteiger partial charge in [0.25, 0.3) is 0 Å². The average molecular weight is 205 g/mol. The highest BCUT2D eigenvalue weighted by molar-refractivity contribution is 7.81. The molecule has 1 aliphatic carbocycles. The number of thiol groups is 1. The van der Waals surface area contributed by atoms with Crippen molar-refractivity contribution in [1.82, 2.24) is 4.90 Å². The summed E-state index contributed by atoms with van der Waals surface area (Å²) in [5.74, 6) is 0. The quantitative estimate of drug-likeness (QED) is 0.643. The van der Waals surface area contributed by atoms with Crippen LogP contribution in [0.25, 0.3) is 0 Å². The first-order valence-corrected chi connectivity index (χ1v) is 5.48. The zero-order valence-corrected chi connectivity index (χ0v) is 9.24. The van der Waals surface area contributed by atoms with Crippen LogP contribution < -0.4 is 0 Å². The lowest BCUT2D eigenvalue weighted by atomic mass is 10.0. The highest BCUT2D eigenvalue weighted by atomic mass is 32.1. The highest BCUT2D eigenvalue weighted by Crippen LogP contribution is 2.25. The van der Waals surface area contributed by atoms with Gasteiger partial charge in [-0.05, 0) is 31.9 Å². The molecule has 2 aliphatic rings. The molecule has 0 bridgehead atoms. The fraction of sp³-hybridized carbons (Fsp3) is 0.333. The van der Waals surface area contributed by atoms with Gasteiger partial charge in [0.1, 0.15) is 0 Å². The van der Waals surface area contributed by atoms with Gasteiger partial charge in [0, 0.05) is 11.9 Å². The maximum atomic E-state index is 4.52. The van der Waals surface area contributed by atoms with E-state index in [9.17, 15) is 0 Å². The molecule has 0 aromatic heterocycles. The second-order valence-corrected chi connectivity index (χ2v) is 4.20. The highest BCUT2D eigenvalue weighted by Gasteiger charge is 2.15. The minimum atomic E-state index is 0.192. The molecule has 2 rings (SSSR count). The summed E-state index contributed by atoms with van der Waals surface area (Å²) in [6.45, 7) is 2.15. The van der Waals surface area contributed by atoms with Crippen molar-refractivity contribution in [3.05, 3.63) is 47.9 Å². The van der Waals surface area contributed by atoms with Crippen molar-refractivity contribution >= 4 is 12.6 Å². The van der Waals surface area contributed by atoms with Crippen LogP contribution in [-0.2, 0) is 0 Å². The Hall–Kier alpha value is -0.890. The van der Waals surface area contributed by atoms with Crippen molar-refractivity contribution in [1.29, 1.82) is 0 Å². The maximum absolute atomic E-state index is 4.52. The molecule has 14 heavy (non-hydrogen) atoms. The van der Waals surface area contributed by atoms with Crippen LogP contribution in [0.5, 0.6) is 0 Å². The van der Waals surface area contributed by atoms with Crippen molar-refractivity contribution in [3.8, 4) is 0 Å². The molecule has 1 unspecified atom stereocenters. The molecule has 0 spiro atoms. The number of nitrogens with zero attached hydrogens (tertiary/aromatic N) is 1. The molecule has 1 heterocycles. The van der Waals surface area contributed by atoms with Gasteiger partial charge in [-0.2, -0.15) is 12.6 Å². The van der Waals surface area contributed by atoms with E-state index < -0.39 is 0 Å². The van der Waals surface area contributed by atoms with E-state index in [0.29, 0.717) is 0 Å². The Bertz CT molecular complexity index is 336. The van der Waals surface area contributed by atoms with E-state index in [1.807, 2.05) is 6.08 Å². The van der Waals surface area contributed by atoms with Crippen LogP contribution in [0.1, 0.15) is 19.8 Å². The number of hydrogen-bond acceptors (Lipinski definition) is 2. The molecule has 0 radical (unpaired) electrons. The van der Waals surface area contributed by atoms with Crippen molar-refractivity contribution in [2.75, 3.05) is 0 Å². The molecule has 1 aliphatic heterocycles. The zero-order valence-electron chi connectivity index (χ0n) is 8.35. The van der Waals surface area contributed by atoms with E-state index in [4.69, 9.17) is 0 Å². The predicted molar refractivity (Wildman–Crippen MR) is 64.0 cm³/mol. The molecule has 0 amide bonds. The van der Waals surface area contributed by atoms with Crippen LogP contribution in [0.3, 0.4) is 0 Å². The summed E-state index contributed by atoms with van der Waals surface area (Å²) in [5, 5.41) is 0.192. The molecule has 0 saturated carbocycles. The van der Waals surface area contributed by atoms with Gasteiger partial charge in [-0.25, -0.2) is 0 Å². The van der Waals surface area contributed by atoms with Gasteiger partial charge in [-0.3, -0.25) is 0 Å². The average Bonchev–Trinajstić information content (AvgIpc) is 2.18. The molecule has 0 fully saturated rings. The summed E-state index contributed by atoms with van der Waals surface area (Å²) in [5.41, 5.74) is 2.72. The summed E-state index contributed by atoms with van der Waals surface area (Å²) in [6.07, 6.45) is 15.1. The molecule has 1 atom stereocenters. The van der Waals surface area contributed by atoms with Crippen molar-refractivity contribution in [2.45, 2.75) is 25.1 Å². The Morgan fingerprint density at radius 1 is 1.43 bits per heavy atom. The van der Waals surface area contributed by atoms with Gasteiger partial charge >= 0.3 is 0 Å². The Labute approximate surface area is 90.9 Å². The van der Waals surface area contributed by atoms with E-state index in [1.165, 1.54) is 11.3 Å². The van der Waals surface area contributed by atoms with E-state index in [2.05, 4.69) is 55.0 Å². The van der Waals surface area contributed by atoms with Crippen LogP contribution in [0.4, 0.5) is 0 Å². The fourth-order valence-corrected chi connectivity index (χ4v) is 2.12. The van der Waals surface area contributed by atoms with E-state index in [-0.39, 0.29) is 5.37 Å². The first-order chi connectivity index (χ1) is 6.77. The van der Waals surface area contributed by atoms with Crippen LogP contribution in [0, 0.1) is 0 Å². The minimum absolute atomic E-state index is 0.192. The van der Waals surface area contributed by atoms with Crippen LogP contribution in [-0.4, -0.2) is 10.3 Å². The van der Waals surface area contributed by atoms with Crippen LogP contribution in [0.2, 0.25) is 0 Å². The van der Waals surface area contributed by atoms with Gasteiger partial charge in [0.15, 0.2) is 0 Å². The van der Waals surface area contributed by atoms with E-state index >= 15 is 0 Å². The Morgan fingerprint density at radius 3 is 3.00 bits per heavy atom. The second kappa shape index (κ2) is 4.09. The monoisotopic (exact) mass is 205 g/mol. The molecule has 74 valence electrons. The lowest BCUT2D eigenvalue weighted by molar-refractivity contribution is 0.459. The first-order valence-electron chi connectivity index (χ1n) is 4.96. The Balaban J connectivity index is 2.19. The van der Waals surface area contributed by atoms with E-state index in [0.717, 1.165) is 12.8 Å². The standard InChI is InChI=1S/C12H15NS/c1-10-5-4-6-11(9-10)13-8-3-2-7-12(13)14/h2-3,5,7-9,12,14H,4,6H2,1H3. The van der Waals surface area contributed by atoms with Gasteiger partial charge in [0.2, 0.25) is 0 Å². The third-order valence-electron chi connectivity index (χ3n) is 2.52. The first kappa shape index (κ1) is 9.66. The fourth-order valence-electron chi connectivity index (χ4n) is 1.80. The maximum Gasteiger partial charge on any atom is 0.0950 e. The lowest BCUT2D eigenvalue weighted by Gasteiger charge is -2.30. The molecule has 1 nitrogen and oxygen atoms in total.